The van der Waals surface area contributed by atoms with Crippen molar-refractivity contribution < 1.29 is 0 Å². The number of aliphatic imine (C=N–C) groups is 1. The van der Waals surface area contributed by atoms with Crippen molar-refractivity contribution in [1.29, 1.82) is 0 Å². The fourth-order valence-corrected chi connectivity index (χ4v) is 5.21. The van der Waals surface area contributed by atoms with Crippen LogP contribution in [0.25, 0.3) is 0 Å². The Morgan fingerprint density at radius 1 is 1.33 bits per heavy atom. The molecule has 0 radical (unpaired) electrons. The normalized spacial score (nSPS) is 20.6. The van der Waals surface area contributed by atoms with Gasteiger partial charge < -0.3 is 10.2 Å². The lowest BCUT2D eigenvalue weighted by Gasteiger charge is -2.45. The minimum absolute atomic E-state index is 0. The summed E-state index contributed by atoms with van der Waals surface area (Å²) in [6.45, 7) is 5.05. The van der Waals surface area contributed by atoms with Crippen molar-refractivity contribution in [3.05, 3.63) is 29.6 Å². The van der Waals surface area contributed by atoms with Crippen molar-refractivity contribution in [3.8, 4) is 0 Å². The summed E-state index contributed by atoms with van der Waals surface area (Å²) >= 11 is 2.20. The molecular weight excluding hydrogens is 431 g/mol. The number of hydrogen-bond acceptors (Lipinski definition) is 3. The minimum Gasteiger partial charge on any atom is -0.352 e. The third-order valence-corrected chi connectivity index (χ3v) is 6.48. The van der Waals surface area contributed by atoms with Gasteiger partial charge in [-0.25, -0.2) is 0 Å². The molecule has 6 heteroatoms. The summed E-state index contributed by atoms with van der Waals surface area (Å²) in [5.74, 6) is 2.25. The van der Waals surface area contributed by atoms with Gasteiger partial charge in [0.1, 0.15) is 0 Å². The number of guanidine groups is 1. The van der Waals surface area contributed by atoms with Gasteiger partial charge in [0, 0.05) is 49.1 Å². The lowest BCUT2D eigenvalue weighted by atomic mass is 9.87. The molecule has 134 valence electrons. The molecule has 2 aliphatic rings. The van der Waals surface area contributed by atoms with Gasteiger partial charge in [-0.1, -0.05) is 25.3 Å². The van der Waals surface area contributed by atoms with Crippen LogP contribution in [0, 0.1) is 6.92 Å². The molecule has 0 aromatic carbocycles. The van der Waals surface area contributed by atoms with Gasteiger partial charge in [0.15, 0.2) is 5.96 Å². The van der Waals surface area contributed by atoms with Gasteiger partial charge in [-0.15, -0.1) is 24.0 Å². The lowest BCUT2D eigenvalue weighted by molar-refractivity contribution is 0.293. The highest BCUT2D eigenvalue weighted by Crippen LogP contribution is 2.42. The topological polar surface area (TPSA) is 40.5 Å². The third-order valence-electron chi connectivity index (χ3n) is 4.95. The SMILES string of the molecule is CN=C(NCc1ccc(C)nc1)N1CCSC2(CCCCC2)C1.I. The zero-order valence-corrected chi connectivity index (χ0v) is 17.9. The second-order valence-corrected chi connectivity index (χ2v) is 8.29. The van der Waals surface area contributed by atoms with Crippen molar-refractivity contribution in [3.63, 3.8) is 0 Å². The Hall–Kier alpha value is -0.500. The number of nitrogens with one attached hydrogen (secondary N) is 1. The summed E-state index contributed by atoms with van der Waals surface area (Å²) in [6.07, 6.45) is 8.88. The van der Waals surface area contributed by atoms with Gasteiger partial charge in [-0.2, -0.15) is 11.8 Å². The van der Waals surface area contributed by atoms with E-state index in [0.717, 1.165) is 31.3 Å². The van der Waals surface area contributed by atoms with Crippen LogP contribution in [0.5, 0.6) is 0 Å². The number of halogens is 1. The quantitative estimate of drug-likeness (QED) is 0.414. The van der Waals surface area contributed by atoms with Crippen LogP contribution >= 0.6 is 35.7 Å². The van der Waals surface area contributed by atoms with E-state index in [2.05, 4.69) is 44.1 Å². The summed E-state index contributed by atoms with van der Waals surface area (Å²) < 4.78 is 0.472. The highest BCUT2D eigenvalue weighted by Gasteiger charge is 2.38. The van der Waals surface area contributed by atoms with E-state index < -0.39 is 0 Å². The van der Waals surface area contributed by atoms with Crippen LogP contribution in [0.15, 0.2) is 23.3 Å². The molecule has 1 aromatic heterocycles. The molecular formula is C18H29IN4S. The first-order valence-electron chi connectivity index (χ1n) is 8.72. The molecule has 1 aliphatic heterocycles. The molecule has 1 N–H and O–H groups in total. The molecule has 4 nitrogen and oxygen atoms in total. The fourth-order valence-electron chi connectivity index (χ4n) is 3.64. The first-order chi connectivity index (χ1) is 11.2. The van der Waals surface area contributed by atoms with E-state index in [1.165, 1.54) is 43.4 Å². The molecule has 3 rings (SSSR count). The maximum Gasteiger partial charge on any atom is 0.193 e. The number of hydrogen-bond donors (Lipinski definition) is 1. The standard InChI is InChI=1S/C18H28N4S.HI/c1-15-6-7-16(12-20-15)13-21-17(19-2)22-10-11-23-18(14-22)8-4-3-5-9-18;/h6-7,12H,3-5,8-11,13-14H2,1-2H3,(H,19,21);1H. The van der Waals surface area contributed by atoms with Crippen molar-refractivity contribution in [2.45, 2.75) is 50.3 Å². The predicted molar refractivity (Wildman–Crippen MR) is 114 cm³/mol. The predicted octanol–water partition coefficient (Wildman–Crippen LogP) is 3.84. The van der Waals surface area contributed by atoms with Crippen LogP contribution in [0.2, 0.25) is 0 Å². The maximum atomic E-state index is 4.52. The Balaban J connectivity index is 0.00000208. The first-order valence-corrected chi connectivity index (χ1v) is 9.70. The number of aromatic nitrogens is 1. The molecule has 1 saturated heterocycles. The Morgan fingerprint density at radius 3 is 2.79 bits per heavy atom. The molecule has 0 amide bonds. The number of thioether (sulfide) groups is 1. The second-order valence-electron chi connectivity index (χ2n) is 6.72. The van der Waals surface area contributed by atoms with E-state index in [1.807, 2.05) is 20.2 Å². The third kappa shape index (κ3) is 5.00. The average molecular weight is 460 g/mol. The zero-order valence-electron chi connectivity index (χ0n) is 14.8. The molecule has 2 fully saturated rings. The van der Waals surface area contributed by atoms with Gasteiger partial charge in [-0.05, 0) is 31.4 Å². The van der Waals surface area contributed by atoms with Crippen molar-refractivity contribution in [2.75, 3.05) is 25.9 Å². The average Bonchev–Trinajstić information content (AvgIpc) is 2.58. The Kier molecular flexibility index (Phi) is 7.65. The number of nitrogens with zero attached hydrogens (tertiary/aromatic N) is 3. The Bertz CT molecular complexity index is 535. The summed E-state index contributed by atoms with van der Waals surface area (Å²) in [7, 11) is 1.89. The van der Waals surface area contributed by atoms with E-state index in [1.54, 1.807) is 0 Å². The highest BCUT2D eigenvalue weighted by molar-refractivity contribution is 14.0. The van der Waals surface area contributed by atoms with Gasteiger partial charge in [0.05, 0.1) is 0 Å². The maximum absolute atomic E-state index is 4.52. The molecule has 1 spiro atoms. The van der Waals surface area contributed by atoms with E-state index in [-0.39, 0.29) is 24.0 Å². The number of pyridine rings is 1. The van der Waals surface area contributed by atoms with Gasteiger partial charge >= 0.3 is 0 Å². The van der Waals surface area contributed by atoms with Crippen molar-refractivity contribution in [2.24, 2.45) is 4.99 Å². The van der Waals surface area contributed by atoms with E-state index in [9.17, 15) is 0 Å². The van der Waals surface area contributed by atoms with Crippen LogP contribution in [0.4, 0.5) is 0 Å². The van der Waals surface area contributed by atoms with E-state index in [4.69, 9.17) is 0 Å². The van der Waals surface area contributed by atoms with Crippen molar-refractivity contribution >= 4 is 41.7 Å². The Labute approximate surface area is 167 Å². The summed E-state index contributed by atoms with van der Waals surface area (Å²) in [6, 6.07) is 4.20. The van der Waals surface area contributed by atoms with E-state index in [0.29, 0.717) is 4.75 Å². The number of rotatable bonds is 2. The molecule has 0 atom stereocenters. The van der Waals surface area contributed by atoms with Crippen LogP contribution in [0.3, 0.4) is 0 Å². The molecule has 2 heterocycles. The molecule has 0 unspecified atom stereocenters. The summed E-state index contributed by atoms with van der Waals surface area (Å²) in [4.78, 5) is 11.4. The molecule has 1 saturated carbocycles. The zero-order chi connectivity index (χ0) is 16.1. The molecule has 1 aromatic rings. The summed E-state index contributed by atoms with van der Waals surface area (Å²) in [5, 5.41) is 3.52. The van der Waals surface area contributed by atoms with Crippen LogP contribution in [0.1, 0.15) is 43.4 Å². The Morgan fingerprint density at radius 2 is 2.12 bits per heavy atom. The molecule has 0 bridgehead atoms. The second kappa shape index (κ2) is 9.27. The van der Waals surface area contributed by atoms with Crippen molar-refractivity contribution in [1.82, 2.24) is 15.2 Å². The fraction of sp³-hybridized carbons (Fsp3) is 0.667. The van der Waals surface area contributed by atoms with Crippen LogP contribution in [-0.4, -0.2) is 46.5 Å². The monoisotopic (exact) mass is 460 g/mol. The molecule has 24 heavy (non-hydrogen) atoms. The summed E-state index contributed by atoms with van der Waals surface area (Å²) in [5.41, 5.74) is 2.26. The highest BCUT2D eigenvalue weighted by atomic mass is 127. The van der Waals surface area contributed by atoms with Gasteiger partial charge in [-0.3, -0.25) is 9.98 Å². The first kappa shape index (κ1) is 19.8. The lowest BCUT2D eigenvalue weighted by Crippen LogP contribution is -2.53. The number of aryl methyl sites for hydroxylation is 1. The smallest absolute Gasteiger partial charge is 0.193 e. The minimum atomic E-state index is 0. The van der Waals surface area contributed by atoms with Gasteiger partial charge in [0.2, 0.25) is 0 Å². The van der Waals surface area contributed by atoms with Crippen LogP contribution < -0.4 is 5.32 Å². The van der Waals surface area contributed by atoms with E-state index >= 15 is 0 Å². The molecule has 1 aliphatic carbocycles. The van der Waals surface area contributed by atoms with Crippen LogP contribution in [-0.2, 0) is 6.54 Å². The van der Waals surface area contributed by atoms with Gasteiger partial charge in [0.25, 0.3) is 0 Å². The largest absolute Gasteiger partial charge is 0.352 e.